The van der Waals surface area contributed by atoms with Gasteiger partial charge in [0.1, 0.15) is 5.52 Å². The summed E-state index contributed by atoms with van der Waals surface area (Å²) in [5.41, 5.74) is 10.3. The van der Waals surface area contributed by atoms with Crippen molar-refractivity contribution in [2.75, 3.05) is 0 Å². The monoisotopic (exact) mass is 528 g/mol. The number of fused-ring (bicyclic) bond motifs is 1. The summed E-state index contributed by atoms with van der Waals surface area (Å²) in [7, 11) is 0. The molecule has 7 rings (SSSR count). The summed E-state index contributed by atoms with van der Waals surface area (Å²) >= 11 is 0. The minimum atomic E-state index is -0.418. The van der Waals surface area contributed by atoms with Gasteiger partial charge in [-0.3, -0.25) is 4.98 Å². The van der Waals surface area contributed by atoms with Crippen LogP contribution in [0.3, 0.4) is 0 Å². The number of para-hydroxylation sites is 2. The van der Waals surface area contributed by atoms with Crippen molar-refractivity contribution < 1.29 is 4.42 Å². The molecule has 0 saturated heterocycles. The Hall–Kier alpha value is -5.28. The number of hydrogen-bond acceptors (Lipinski definition) is 3. The maximum atomic E-state index is 5.95. The van der Waals surface area contributed by atoms with Crippen LogP contribution in [0.5, 0.6) is 0 Å². The van der Waals surface area contributed by atoms with E-state index in [1.54, 1.807) is 0 Å². The van der Waals surface area contributed by atoms with Crippen LogP contribution in [-0.4, -0.2) is 9.97 Å². The van der Waals surface area contributed by atoms with E-state index in [9.17, 15) is 0 Å². The molecule has 0 aliphatic heterocycles. The number of pyridine rings is 1. The van der Waals surface area contributed by atoms with Crippen LogP contribution in [0.25, 0.3) is 44.8 Å². The van der Waals surface area contributed by atoms with Crippen LogP contribution in [0.15, 0.2) is 156 Å². The van der Waals surface area contributed by atoms with Crippen molar-refractivity contribution in [3.63, 3.8) is 0 Å². The van der Waals surface area contributed by atoms with E-state index < -0.39 is 5.41 Å². The minimum absolute atomic E-state index is 0.418. The molecular weight excluding hydrogens is 500 g/mol. The molecule has 0 spiro atoms. The molecule has 0 aliphatic carbocycles. The zero-order valence-electron chi connectivity index (χ0n) is 22.7. The Balaban J connectivity index is 1.24. The Morgan fingerprint density at radius 1 is 0.537 bits per heavy atom. The molecule has 7 aromatic rings. The zero-order chi connectivity index (χ0) is 27.6. The predicted molar refractivity (Wildman–Crippen MR) is 167 cm³/mol. The van der Waals surface area contributed by atoms with Gasteiger partial charge in [-0.05, 0) is 76.7 Å². The maximum Gasteiger partial charge on any atom is 0.227 e. The third-order valence-electron chi connectivity index (χ3n) is 7.95. The molecule has 2 heterocycles. The quantitative estimate of drug-likeness (QED) is 0.216. The lowest BCUT2D eigenvalue weighted by molar-refractivity contribution is 0.620. The lowest BCUT2D eigenvalue weighted by Gasteiger charge is -2.32. The van der Waals surface area contributed by atoms with Gasteiger partial charge in [0, 0.05) is 11.8 Å². The average molecular weight is 529 g/mol. The molecule has 0 aliphatic rings. The molecule has 3 heteroatoms. The molecule has 1 atom stereocenters. The number of nitrogens with zero attached hydrogens (tertiary/aromatic N) is 2. The molecule has 2 aromatic heterocycles. The van der Waals surface area contributed by atoms with Gasteiger partial charge in [0.05, 0.1) is 11.1 Å². The van der Waals surface area contributed by atoms with Gasteiger partial charge in [0.15, 0.2) is 5.58 Å². The molecule has 0 radical (unpaired) electrons. The van der Waals surface area contributed by atoms with Crippen molar-refractivity contribution in [3.8, 4) is 33.7 Å². The fourth-order valence-corrected chi connectivity index (χ4v) is 5.69. The molecule has 196 valence electrons. The fourth-order valence-electron chi connectivity index (χ4n) is 5.69. The Morgan fingerprint density at radius 3 is 1.85 bits per heavy atom. The topological polar surface area (TPSA) is 38.9 Å². The Labute approximate surface area is 239 Å². The van der Waals surface area contributed by atoms with Crippen molar-refractivity contribution in [3.05, 3.63) is 169 Å². The van der Waals surface area contributed by atoms with Crippen molar-refractivity contribution in [2.45, 2.75) is 12.3 Å². The van der Waals surface area contributed by atoms with E-state index in [4.69, 9.17) is 9.40 Å². The molecular formula is C38H28N2O. The van der Waals surface area contributed by atoms with Gasteiger partial charge in [0.2, 0.25) is 5.89 Å². The lowest BCUT2D eigenvalue weighted by atomic mass is 9.71. The van der Waals surface area contributed by atoms with Gasteiger partial charge in [-0.25, -0.2) is 4.98 Å². The molecule has 0 fully saturated rings. The van der Waals surface area contributed by atoms with Crippen LogP contribution in [0.4, 0.5) is 0 Å². The Bertz CT molecular complexity index is 1850. The highest BCUT2D eigenvalue weighted by Crippen LogP contribution is 2.42. The van der Waals surface area contributed by atoms with Gasteiger partial charge in [0.25, 0.3) is 0 Å². The van der Waals surface area contributed by atoms with Crippen LogP contribution in [0, 0.1) is 0 Å². The van der Waals surface area contributed by atoms with E-state index in [-0.39, 0.29) is 0 Å². The predicted octanol–water partition coefficient (Wildman–Crippen LogP) is 9.58. The SMILES string of the molecule is CC(c1ccccc1)(c1ccccn1)c1ccccc1-c1ccc(-c2ccc(-c3nc4ccccc4o3)cc2)cc1. The van der Waals surface area contributed by atoms with Crippen LogP contribution < -0.4 is 0 Å². The standard InChI is InChI=1S/C38H28N2O/c1-38(31-11-3-2-4-12-31,36-17-9-10-26-39-36)33-14-6-5-13-32(33)29-22-18-27(19-23-29)28-20-24-30(25-21-28)37-40-34-15-7-8-16-35(34)41-37/h2-26H,1H3. The second kappa shape index (κ2) is 10.4. The van der Waals surface area contributed by atoms with Crippen LogP contribution in [-0.2, 0) is 5.41 Å². The Morgan fingerprint density at radius 2 is 1.15 bits per heavy atom. The second-order valence-electron chi connectivity index (χ2n) is 10.4. The smallest absolute Gasteiger partial charge is 0.227 e. The van der Waals surface area contributed by atoms with Gasteiger partial charge < -0.3 is 4.42 Å². The summed E-state index contributed by atoms with van der Waals surface area (Å²) in [6.07, 6.45) is 1.88. The number of benzene rings is 5. The lowest BCUT2D eigenvalue weighted by Crippen LogP contribution is -2.27. The molecule has 3 nitrogen and oxygen atoms in total. The summed E-state index contributed by atoms with van der Waals surface area (Å²) in [6, 6.07) is 50.5. The van der Waals surface area contributed by atoms with Crippen molar-refractivity contribution in [2.24, 2.45) is 0 Å². The number of oxazole rings is 1. The van der Waals surface area contributed by atoms with E-state index in [1.165, 1.54) is 22.3 Å². The van der Waals surface area contributed by atoms with Gasteiger partial charge >= 0.3 is 0 Å². The molecule has 41 heavy (non-hydrogen) atoms. The molecule has 0 bridgehead atoms. The molecule has 0 N–H and O–H groups in total. The van der Waals surface area contributed by atoms with Crippen LogP contribution in [0.1, 0.15) is 23.7 Å². The van der Waals surface area contributed by atoms with E-state index in [0.717, 1.165) is 33.5 Å². The highest BCUT2D eigenvalue weighted by atomic mass is 16.3. The van der Waals surface area contributed by atoms with Gasteiger partial charge in [-0.15, -0.1) is 0 Å². The van der Waals surface area contributed by atoms with Crippen LogP contribution >= 0.6 is 0 Å². The third-order valence-corrected chi connectivity index (χ3v) is 7.95. The van der Waals surface area contributed by atoms with E-state index in [2.05, 4.69) is 127 Å². The second-order valence-corrected chi connectivity index (χ2v) is 10.4. The zero-order valence-corrected chi connectivity index (χ0v) is 22.7. The highest BCUT2D eigenvalue weighted by molar-refractivity contribution is 5.78. The summed E-state index contributed by atoms with van der Waals surface area (Å²) in [5.74, 6) is 0.638. The highest BCUT2D eigenvalue weighted by Gasteiger charge is 2.34. The normalized spacial score (nSPS) is 12.7. The van der Waals surface area contributed by atoms with E-state index in [0.29, 0.717) is 5.89 Å². The molecule has 0 amide bonds. The maximum absolute atomic E-state index is 5.95. The van der Waals surface area contributed by atoms with Crippen LogP contribution in [0.2, 0.25) is 0 Å². The number of aromatic nitrogens is 2. The van der Waals surface area contributed by atoms with Gasteiger partial charge in [-0.1, -0.05) is 109 Å². The first kappa shape index (κ1) is 24.7. The summed E-state index contributed by atoms with van der Waals surface area (Å²) in [5, 5.41) is 0. The van der Waals surface area contributed by atoms with E-state index >= 15 is 0 Å². The van der Waals surface area contributed by atoms with Crippen molar-refractivity contribution in [1.29, 1.82) is 0 Å². The fraction of sp³-hybridized carbons (Fsp3) is 0.0526. The van der Waals surface area contributed by atoms with Gasteiger partial charge in [-0.2, -0.15) is 0 Å². The van der Waals surface area contributed by atoms with Crippen molar-refractivity contribution >= 4 is 11.1 Å². The summed E-state index contributed by atoms with van der Waals surface area (Å²) in [4.78, 5) is 9.45. The first-order valence-corrected chi connectivity index (χ1v) is 13.8. The molecule has 0 saturated carbocycles. The summed E-state index contributed by atoms with van der Waals surface area (Å²) in [6.45, 7) is 2.27. The molecule has 5 aromatic carbocycles. The number of hydrogen-bond donors (Lipinski definition) is 0. The largest absolute Gasteiger partial charge is 0.436 e. The number of rotatable bonds is 6. The minimum Gasteiger partial charge on any atom is -0.436 e. The molecule has 1 unspecified atom stereocenters. The first-order chi connectivity index (χ1) is 20.2. The first-order valence-electron chi connectivity index (χ1n) is 13.8. The summed E-state index contributed by atoms with van der Waals surface area (Å²) < 4.78 is 5.95. The third kappa shape index (κ3) is 4.52. The average Bonchev–Trinajstić information content (AvgIpc) is 3.50. The van der Waals surface area contributed by atoms with E-state index in [1.807, 2.05) is 36.5 Å². The van der Waals surface area contributed by atoms with Crippen molar-refractivity contribution in [1.82, 2.24) is 9.97 Å². The Kier molecular flexibility index (Phi) is 6.25.